The lowest BCUT2D eigenvalue weighted by molar-refractivity contribution is 0.0526. The Morgan fingerprint density at radius 3 is 2.76 bits per heavy atom. The normalized spacial score (nSPS) is 11.3. The highest BCUT2D eigenvalue weighted by Gasteiger charge is 2.15. The summed E-state index contributed by atoms with van der Waals surface area (Å²) in [4.78, 5) is 11.3. The van der Waals surface area contributed by atoms with Gasteiger partial charge in [0.1, 0.15) is 5.60 Å². The Balaban J connectivity index is 2.14. The van der Waals surface area contributed by atoms with E-state index in [-0.39, 0.29) is 6.09 Å². The number of ether oxygens (including phenoxy) is 1. The van der Waals surface area contributed by atoms with Crippen molar-refractivity contribution >= 4 is 6.09 Å². The van der Waals surface area contributed by atoms with Crippen molar-refractivity contribution in [2.75, 3.05) is 6.54 Å². The van der Waals surface area contributed by atoms with Crippen LogP contribution in [0.4, 0.5) is 4.79 Å². The second kappa shape index (κ2) is 5.70. The van der Waals surface area contributed by atoms with Crippen molar-refractivity contribution in [2.45, 2.75) is 46.3 Å². The maximum Gasteiger partial charge on any atom is 0.407 e. The molecule has 0 aliphatic carbocycles. The van der Waals surface area contributed by atoms with Crippen LogP contribution in [0.25, 0.3) is 0 Å². The molecule has 0 spiro atoms. The average Bonchev–Trinajstić information content (AvgIpc) is 2.56. The summed E-state index contributed by atoms with van der Waals surface area (Å²) < 4.78 is 6.99. The van der Waals surface area contributed by atoms with Crippen molar-refractivity contribution < 1.29 is 9.53 Å². The van der Waals surface area contributed by atoms with Crippen molar-refractivity contribution in [1.82, 2.24) is 15.1 Å². The first-order chi connectivity index (χ1) is 7.87. The Kier molecular flexibility index (Phi) is 4.54. The van der Waals surface area contributed by atoms with Gasteiger partial charge in [0, 0.05) is 19.3 Å². The zero-order valence-corrected chi connectivity index (χ0v) is 11.0. The minimum Gasteiger partial charge on any atom is -0.444 e. The Morgan fingerprint density at radius 2 is 2.24 bits per heavy atom. The second-order valence-corrected chi connectivity index (χ2v) is 5.06. The van der Waals surface area contributed by atoms with Gasteiger partial charge in [-0.3, -0.25) is 4.68 Å². The third-order valence-corrected chi connectivity index (χ3v) is 1.99. The largest absolute Gasteiger partial charge is 0.444 e. The number of carbonyl (C=O) groups excluding carboxylic acids is 1. The van der Waals surface area contributed by atoms with Crippen LogP contribution in [0.2, 0.25) is 0 Å². The van der Waals surface area contributed by atoms with E-state index in [1.807, 2.05) is 44.8 Å². The summed E-state index contributed by atoms with van der Waals surface area (Å²) in [5.41, 5.74) is 0.702. The lowest BCUT2D eigenvalue weighted by Crippen LogP contribution is -2.33. The summed E-state index contributed by atoms with van der Waals surface area (Å²) in [5, 5.41) is 6.88. The van der Waals surface area contributed by atoms with Crippen LogP contribution in [0.15, 0.2) is 12.4 Å². The number of carbonyl (C=O) groups is 1. The number of nitrogens with one attached hydrogen (secondary N) is 1. The van der Waals surface area contributed by atoms with E-state index in [1.165, 1.54) is 0 Å². The molecule has 1 aromatic rings. The third kappa shape index (κ3) is 5.94. The number of hydrogen-bond acceptors (Lipinski definition) is 3. The summed E-state index contributed by atoms with van der Waals surface area (Å²) in [6, 6.07) is 0. The van der Waals surface area contributed by atoms with Gasteiger partial charge in [0.2, 0.25) is 0 Å². The van der Waals surface area contributed by atoms with E-state index in [0.717, 1.165) is 18.5 Å². The molecule has 1 N–H and O–H groups in total. The van der Waals surface area contributed by atoms with Gasteiger partial charge in [-0.05, 0) is 39.7 Å². The summed E-state index contributed by atoms with van der Waals surface area (Å²) in [6.07, 6.45) is 4.27. The minimum atomic E-state index is -0.441. The van der Waals surface area contributed by atoms with Crippen molar-refractivity contribution in [2.24, 2.45) is 0 Å². The molecule has 17 heavy (non-hydrogen) atoms. The fourth-order valence-electron chi connectivity index (χ4n) is 1.33. The summed E-state index contributed by atoms with van der Waals surface area (Å²) >= 11 is 0. The number of amides is 1. The molecule has 5 nitrogen and oxygen atoms in total. The highest BCUT2D eigenvalue weighted by molar-refractivity contribution is 5.67. The minimum absolute atomic E-state index is 0.367. The predicted octanol–water partition coefficient (Wildman–Crippen LogP) is 2.11. The van der Waals surface area contributed by atoms with E-state index < -0.39 is 5.60 Å². The molecular formula is C12H21N3O2. The lowest BCUT2D eigenvalue weighted by atomic mass is 10.2. The molecule has 1 heterocycles. The number of aryl methyl sites for hydroxylation is 2. The zero-order valence-electron chi connectivity index (χ0n) is 11.0. The molecular weight excluding hydrogens is 218 g/mol. The fraction of sp³-hybridized carbons (Fsp3) is 0.667. The van der Waals surface area contributed by atoms with Gasteiger partial charge in [-0.15, -0.1) is 0 Å². The summed E-state index contributed by atoms with van der Waals surface area (Å²) in [5.74, 6) is 0. The molecule has 0 bridgehead atoms. The molecule has 96 valence electrons. The number of hydrogen-bond donors (Lipinski definition) is 1. The third-order valence-electron chi connectivity index (χ3n) is 1.99. The lowest BCUT2D eigenvalue weighted by Gasteiger charge is -2.19. The van der Waals surface area contributed by atoms with Crippen LogP contribution in [0.5, 0.6) is 0 Å². The van der Waals surface area contributed by atoms with E-state index >= 15 is 0 Å². The van der Waals surface area contributed by atoms with Gasteiger partial charge >= 0.3 is 6.09 Å². The SMILES string of the molecule is Cc1cnn(CCCNC(=O)OC(C)(C)C)c1. The molecule has 0 fully saturated rings. The van der Waals surface area contributed by atoms with Crippen LogP contribution < -0.4 is 5.32 Å². The number of nitrogens with zero attached hydrogens (tertiary/aromatic N) is 2. The molecule has 1 amide bonds. The van der Waals surface area contributed by atoms with Crippen LogP contribution >= 0.6 is 0 Å². The Bertz CT molecular complexity index is 366. The predicted molar refractivity (Wildman–Crippen MR) is 65.8 cm³/mol. The molecule has 0 aliphatic rings. The molecule has 0 aromatic carbocycles. The summed E-state index contributed by atoms with van der Waals surface area (Å²) in [6.45, 7) is 8.93. The van der Waals surface area contributed by atoms with Gasteiger partial charge in [0.25, 0.3) is 0 Å². The molecule has 0 atom stereocenters. The van der Waals surface area contributed by atoms with E-state index in [4.69, 9.17) is 4.74 Å². The molecule has 0 saturated carbocycles. The van der Waals surface area contributed by atoms with Gasteiger partial charge in [0.15, 0.2) is 0 Å². The standard InChI is InChI=1S/C12H21N3O2/c1-10-8-14-15(9-10)7-5-6-13-11(16)17-12(2,3)4/h8-9H,5-7H2,1-4H3,(H,13,16). The molecule has 1 aromatic heterocycles. The van der Waals surface area contributed by atoms with Gasteiger partial charge in [-0.1, -0.05) is 0 Å². The van der Waals surface area contributed by atoms with Crippen molar-refractivity contribution in [3.63, 3.8) is 0 Å². The van der Waals surface area contributed by atoms with Crippen LogP contribution in [0.3, 0.4) is 0 Å². The second-order valence-electron chi connectivity index (χ2n) is 5.06. The topological polar surface area (TPSA) is 56.2 Å². The van der Waals surface area contributed by atoms with Crippen LogP contribution in [0, 0.1) is 6.92 Å². The smallest absolute Gasteiger partial charge is 0.407 e. The molecule has 0 aliphatic heterocycles. The molecule has 0 saturated heterocycles. The first-order valence-corrected chi connectivity index (χ1v) is 5.83. The number of rotatable bonds is 4. The summed E-state index contributed by atoms with van der Waals surface area (Å²) in [7, 11) is 0. The van der Waals surface area contributed by atoms with Gasteiger partial charge in [-0.2, -0.15) is 5.10 Å². The first kappa shape index (κ1) is 13.5. The first-order valence-electron chi connectivity index (χ1n) is 5.83. The van der Waals surface area contributed by atoms with Crippen LogP contribution in [0.1, 0.15) is 32.8 Å². The van der Waals surface area contributed by atoms with E-state index in [1.54, 1.807) is 0 Å². The maximum atomic E-state index is 11.3. The Morgan fingerprint density at radius 1 is 1.53 bits per heavy atom. The van der Waals surface area contributed by atoms with E-state index in [2.05, 4.69) is 10.4 Å². The van der Waals surface area contributed by atoms with Crippen LogP contribution in [-0.4, -0.2) is 28.0 Å². The fourth-order valence-corrected chi connectivity index (χ4v) is 1.33. The Labute approximate surface area is 102 Å². The quantitative estimate of drug-likeness (QED) is 0.819. The molecule has 0 radical (unpaired) electrons. The van der Waals surface area contributed by atoms with E-state index in [9.17, 15) is 4.79 Å². The maximum absolute atomic E-state index is 11.3. The molecule has 5 heteroatoms. The highest BCUT2D eigenvalue weighted by Crippen LogP contribution is 2.06. The van der Waals surface area contributed by atoms with Gasteiger partial charge in [-0.25, -0.2) is 4.79 Å². The average molecular weight is 239 g/mol. The van der Waals surface area contributed by atoms with Crippen molar-refractivity contribution in [1.29, 1.82) is 0 Å². The Hall–Kier alpha value is -1.52. The molecule has 0 unspecified atom stereocenters. The van der Waals surface area contributed by atoms with Gasteiger partial charge < -0.3 is 10.1 Å². The van der Waals surface area contributed by atoms with Gasteiger partial charge in [0.05, 0.1) is 6.20 Å². The monoisotopic (exact) mass is 239 g/mol. The highest BCUT2D eigenvalue weighted by atomic mass is 16.6. The molecule has 1 rings (SSSR count). The van der Waals surface area contributed by atoms with Crippen LogP contribution in [-0.2, 0) is 11.3 Å². The zero-order chi connectivity index (χ0) is 12.9. The van der Waals surface area contributed by atoms with Crippen molar-refractivity contribution in [3.05, 3.63) is 18.0 Å². The van der Waals surface area contributed by atoms with Crippen molar-refractivity contribution in [3.8, 4) is 0 Å². The van der Waals surface area contributed by atoms with E-state index in [0.29, 0.717) is 6.54 Å². The number of alkyl carbamates (subject to hydrolysis) is 1. The number of aromatic nitrogens is 2.